The molecule has 2 N–H and O–H groups in total. The number of methoxy groups -OCH3 is 2. The highest BCUT2D eigenvalue weighted by molar-refractivity contribution is 5.86. The van der Waals surface area contributed by atoms with Crippen LogP contribution in [0.25, 0.3) is 0 Å². The highest BCUT2D eigenvalue weighted by Gasteiger charge is 2.03. The Balaban J connectivity index is 1.59. The number of para-hydroxylation sites is 2. The Morgan fingerprint density at radius 1 is 0.742 bits per heavy atom. The number of rotatable bonds is 12. The van der Waals surface area contributed by atoms with Crippen molar-refractivity contribution in [2.75, 3.05) is 14.2 Å². The van der Waals surface area contributed by atoms with E-state index in [1.54, 1.807) is 26.6 Å². The summed E-state index contributed by atoms with van der Waals surface area (Å²) < 4.78 is 10.4. The average Bonchev–Trinajstić information content (AvgIpc) is 2.79. The zero-order valence-corrected chi connectivity index (χ0v) is 17.8. The molecule has 2 rings (SSSR count). The van der Waals surface area contributed by atoms with E-state index in [2.05, 4.69) is 21.1 Å². The van der Waals surface area contributed by atoms with Gasteiger partial charge < -0.3 is 9.47 Å². The maximum absolute atomic E-state index is 11.8. The second-order valence-corrected chi connectivity index (χ2v) is 6.63. The molecule has 0 aromatic heterocycles. The summed E-state index contributed by atoms with van der Waals surface area (Å²) in [5, 5.41) is 7.91. The van der Waals surface area contributed by atoms with Crippen molar-refractivity contribution in [2.24, 2.45) is 10.2 Å². The molecule has 0 fully saturated rings. The Morgan fingerprint density at radius 2 is 1.16 bits per heavy atom. The Labute approximate surface area is 182 Å². The molecule has 8 heteroatoms. The first kappa shape index (κ1) is 23.6. The third-order valence-corrected chi connectivity index (χ3v) is 4.37. The maximum atomic E-state index is 11.8. The fraction of sp³-hybridized carbons (Fsp3) is 0.304. The number of unbranched alkanes of at least 4 members (excludes halogenated alkanes) is 2. The van der Waals surface area contributed by atoms with E-state index in [1.165, 1.54) is 0 Å². The van der Waals surface area contributed by atoms with E-state index in [0.29, 0.717) is 37.2 Å². The van der Waals surface area contributed by atoms with Crippen LogP contribution in [0, 0.1) is 0 Å². The van der Waals surface area contributed by atoms with Gasteiger partial charge in [-0.2, -0.15) is 10.2 Å². The van der Waals surface area contributed by atoms with Gasteiger partial charge in [-0.1, -0.05) is 30.7 Å². The topological polar surface area (TPSA) is 101 Å². The van der Waals surface area contributed by atoms with E-state index in [-0.39, 0.29) is 11.8 Å². The van der Waals surface area contributed by atoms with Gasteiger partial charge in [0, 0.05) is 24.0 Å². The third-order valence-electron chi connectivity index (χ3n) is 4.37. The van der Waals surface area contributed by atoms with Crippen molar-refractivity contribution < 1.29 is 19.1 Å². The fourth-order valence-corrected chi connectivity index (χ4v) is 2.75. The van der Waals surface area contributed by atoms with Gasteiger partial charge in [0.15, 0.2) is 0 Å². The summed E-state index contributed by atoms with van der Waals surface area (Å²) in [6.07, 6.45) is 5.89. The molecule has 2 aromatic rings. The minimum atomic E-state index is -0.169. The molecule has 164 valence electrons. The molecule has 0 radical (unpaired) electrons. The maximum Gasteiger partial charge on any atom is 0.240 e. The average molecular weight is 425 g/mol. The van der Waals surface area contributed by atoms with E-state index in [0.717, 1.165) is 17.5 Å². The molecule has 8 nitrogen and oxygen atoms in total. The number of nitrogens with zero attached hydrogens (tertiary/aromatic N) is 2. The SMILES string of the molecule is COc1ccccc1C=NNC(=O)CCCCCC(=O)NN=Cc1ccccc1OC. The standard InChI is InChI=1S/C23H28N4O4/c1-30-20-12-8-6-10-18(20)16-24-26-22(28)14-4-3-5-15-23(29)27-25-17-19-11-7-9-13-21(19)31-2/h6-13,16-17H,3-5,14-15H2,1-2H3,(H,26,28)(H,27,29). The number of hydrazone groups is 2. The van der Waals surface area contributed by atoms with Crippen molar-refractivity contribution in [1.29, 1.82) is 0 Å². The zero-order chi connectivity index (χ0) is 22.3. The van der Waals surface area contributed by atoms with Crippen LogP contribution >= 0.6 is 0 Å². The molecule has 0 saturated carbocycles. The van der Waals surface area contributed by atoms with Crippen LogP contribution in [0.2, 0.25) is 0 Å². The molecule has 0 heterocycles. The van der Waals surface area contributed by atoms with Crippen molar-refractivity contribution in [3.63, 3.8) is 0 Å². The van der Waals surface area contributed by atoms with Gasteiger partial charge in [0.05, 0.1) is 26.6 Å². The van der Waals surface area contributed by atoms with Crippen molar-refractivity contribution in [3.8, 4) is 11.5 Å². The molecule has 0 atom stereocenters. The van der Waals surface area contributed by atoms with Crippen molar-refractivity contribution in [3.05, 3.63) is 59.7 Å². The number of benzene rings is 2. The Hall–Kier alpha value is -3.68. The Bertz CT molecular complexity index is 838. The highest BCUT2D eigenvalue weighted by Crippen LogP contribution is 2.15. The zero-order valence-electron chi connectivity index (χ0n) is 17.8. The first-order valence-corrected chi connectivity index (χ1v) is 10.0. The van der Waals surface area contributed by atoms with Crippen LogP contribution in [-0.2, 0) is 9.59 Å². The lowest BCUT2D eigenvalue weighted by atomic mass is 10.1. The van der Waals surface area contributed by atoms with Crippen LogP contribution in [0.1, 0.15) is 43.2 Å². The molecule has 0 aliphatic heterocycles. The lowest BCUT2D eigenvalue weighted by Crippen LogP contribution is -2.18. The predicted molar refractivity (Wildman–Crippen MR) is 121 cm³/mol. The van der Waals surface area contributed by atoms with Gasteiger partial charge in [0.2, 0.25) is 11.8 Å². The van der Waals surface area contributed by atoms with Crippen LogP contribution in [0.4, 0.5) is 0 Å². The van der Waals surface area contributed by atoms with Crippen LogP contribution in [-0.4, -0.2) is 38.5 Å². The normalized spacial score (nSPS) is 10.9. The van der Waals surface area contributed by atoms with Crippen molar-refractivity contribution in [1.82, 2.24) is 10.9 Å². The number of carbonyl (C=O) groups excluding carboxylic acids is 2. The summed E-state index contributed by atoms with van der Waals surface area (Å²) in [5.74, 6) is 1.03. The Morgan fingerprint density at radius 3 is 1.58 bits per heavy atom. The van der Waals surface area contributed by atoms with Gasteiger partial charge in [-0.15, -0.1) is 0 Å². The summed E-state index contributed by atoms with van der Waals surface area (Å²) in [6, 6.07) is 14.8. The second kappa shape index (κ2) is 13.5. The van der Waals surface area contributed by atoms with E-state index < -0.39 is 0 Å². The number of hydrogen-bond acceptors (Lipinski definition) is 6. The Kier molecular flexibility index (Phi) is 10.3. The molecule has 0 aliphatic carbocycles. The van der Waals surface area contributed by atoms with Gasteiger partial charge in [0.1, 0.15) is 11.5 Å². The summed E-state index contributed by atoms with van der Waals surface area (Å²) in [5.41, 5.74) is 6.57. The number of hydrogen-bond donors (Lipinski definition) is 2. The molecule has 0 saturated heterocycles. The molecule has 0 bridgehead atoms. The van der Waals surface area contributed by atoms with Gasteiger partial charge in [-0.3, -0.25) is 9.59 Å². The van der Waals surface area contributed by atoms with E-state index in [9.17, 15) is 9.59 Å². The summed E-state index contributed by atoms with van der Waals surface area (Å²) in [4.78, 5) is 23.7. The molecular weight excluding hydrogens is 396 g/mol. The van der Waals surface area contributed by atoms with E-state index in [4.69, 9.17) is 9.47 Å². The highest BCUT2D eigenvalue weighted by atomic mass is 16.5. The first-order chi connectivity index (χ1) is 15.1. The molecule has 31 heavy (non-hydrogen) atoms. The largest absolute Gasteiger partial charge is 0.496 e. The van der Waals surface area contributed by atoms with Gasteiger partial charge in [-0.05, 0) is 37.1 Å². The van der Waals surface area contributed by atoms with Crippen LogP contribution < -0.4 is 20.3 Å². The number of amides is 2. The molecule has 2 aromatic carbocycles. The van der Waals surface area contributed by atoms with E-state index >= 15 is 0 Å². The molecular formula is C23H28N4O4. The first-order valence-electron chi connectivity index (χ1n) is 10.0. The van der Waals surface area contributed by atoms with Gasteiger partial charge in [0.25, 0.3) is 0 Å². The monoisotopic (exact) mass is 424 g/mol. The van der Waals surface area contributed by atoms with Crippen LogP contribution in [0.3, 0.4) is 0 Å². The number of nitrogens with one attached hydrogen (secondary N) is 2. The second-order valence-electron chi connectivity index (χ2n) is 6.63. The van der Waals surface area contributed by atoms with Gasteiger partial charge >= 0.3 is 0 Å². The van der Waals surface area contributed by atoms with Crippen molar-refractivity contribution >= 4 is 24.2 Å². The molecule has 0 spiro atoms. The molecule has 0 aliphatic rings. The molecule has 0 unspecified atom stereocenters. The number of ether oxygens (including phenoxy) is 2. The number of carbonyl (C=O) groups is 2. The van der Waals surface area contributed by atoms with Crippen molar-refractivity contribution in [2.45, 2.75) is 32.1 Å². The smallest absolute Gasteiger partial charge is 0.240 e. The predicted octanol–water partition coefficient (Wildman–Crippen LogP) is 3.25. The fourth-order valence-electron chi connectivity index (χ4n) is 2.75. The third kappa shape index (κ3) is 8.69. The minimum Gasteiger partial charge on any atom is -0.496 e. The summed E-state index contributed by atoms with van der Waals surface area (Å²) in [6.45, 7) is 0. The van der Waals surface area contributed by atoms with Crippen LogP contribution in [0.5, 0.6) is 11.5 Å². The lowest BCUT2D eigenvalue weighted by Gasteiger charge is -2.04. The lowest BCUT2D eigenvalue weighted by molar-refractivity contribution is -0.121. The molecule has 2 amide bonds. The summed E-state index contributed by atoms with van der Waals surface area (Å²) in [7, 11) is 3.16. The summed E-state index contributed by atoms with van der Waals surface area (Å²) >= 11 is 0. The minimum absolute atomic E-state index is 0.169. The van der Waals surface area contributed by atoms with Crippen LogP contribution in [0.15, 0.2) is 58.7 Å². The quantitative estimate of drug-likeness (QED) is 0.310. The van der Waals surface area contributed by atoms with E-state index in [1.807, 2.05) is 48.5 Å². The van der Waals surface area contributed by atoms with Gasteiger partial charge in [-0.25, -0.2) is 10.9 Å².